The zero-order chi connectivity index (χ0) is 19.7. The third-order valence-corrected chi connectivity index (χ3v) is 4.84. The smallest absolute Gasteiger partial charge is 0.184 e. The fraction of sp³-hybridized carbons (Fsp3) is 0.400. The molecule has 4 rings (SSSR count). The second-order valence-electron chi connectivity index (χ2n) is 6.85. The van der Waals surface area contributed by atoms with E-state index in [0.717, 1.165) is 0 Å². The number of hydrogen-bond acceptors (Lipinski definition) is 8. The Morgan fingerprint density at radius 3 is 1.75 bits per heavy atom. The molecule has 2 heterocycles. The van der Waals surface area contributed by atoms with Crippen LogP contribution in [0.15, 0.2) is 48.5 Å². The minimum atomic E-state index is -1.23. The zero-order valence-corrected chi connectivity index (χ0v) is 14.9. The van der Waals surface area contributed by atoms with E-state index in [1.807, 2.05) is 0 Å². The molecule has 8 heteroatoms. The Kier molecular flexibility index (Phi) is 5.49. The van der Waals surface area contributed by atoms with Crippen LogP contribution in [0.1, 0.15) is 23.7 Å². The van der Waals surface area contributed by atoms with Gasteiger partial charge in [0, 0.05) is 11.1 Å². The summed E-state index contributed by atoms with van der Waals surface area (Å²) in [5.74, 6) is 0.236. The van der Waals surface area contributed by atoms with E-state index < -0.39 is 37.0 Å². The van der Waals surface area contributed by atoms with Crippen molar-refractivity contribution in [1.29, 1.82) is 0 Å². The molecule has 8 nitrogen and oxygen atoms in total. The van der Waals surface area contributed by atoms with Gasteiger partial charge in [-0.2, -0.15) is 0 Å². The van der Waals surface area contributed by atoms with Gasteiger partial charge in [0.15, 0.2) is 12.6 Å². The number of aliphatic hydroxyl groups is 2. The average molecular weight is 390 g/mol. The van der Waals surface area contributed by atoms with E-state index in [1.54, 1.807) is 24.3 Å². The SMILES string of the molecule is Oc1ccc(C2OC[C@@H]3OC(c4ccc(O)cc4)OC[C@@H](O)[C@H](O)[C@H]3O2)cc1. The molecule has 6 atom stereocenters. The van der Waals surface area contributed by atoms with Gasteiger partial charge >= 0.3 is 0 Å². The van der Waals surface area contributed by atoms with Crippen LogP contribution in [0.5, 0.6) is 11.5 Å². The summed E-state index contributed by atoms with van der Waals surface area (Å²) in [6.07, 6.45) is -5.50. The predicted octanol–water partition coefficient (Wildman–Crippen LogP) is 1.35. The lowest BCUT2D eigenvalue weighted by Crippen LogP contribution is -2.55. The summed E-state index contributed by atoms with van der Waals surface area (Å²) in [6.45, 7) is -0.0397. The summed E-state index contributed by atoms with van der Waals surface area (Å²) < 4.78 is 23.2. The Morgan fingerprint density at radius 1 is 0.679 bits per heavy atom. The van der Waals surface area contributed by atoms with Gasteiger partial charge in [-0.05, 0) is 24.3 Å². The normalized spacial score (nSPS) is 33.5. The van der Waals surface area contributed by atoms with Crippen molar-refractivity contribution in [3.8, 4) is 11.5 Å². The third-order valence-electron chi connectivity index (χ3n) is 4.84. The standard InChI is InChI=1S/C20H22O8/c21-13-5-1-11(2-6-13)19-25-9-15(23)17(24)18-16(27-19)10-26-20(28-18)12-3-7-14(22)8-4-12/h1-8,15-24H,9-10H2/t15-,16+,17+,18+,19?,20?/m1/s1. The molecule has 0 spiro atoms. The molecule has 0 radical (unpaired) electrons. The molecule has 0 saturated carbocycles. The Bertz CT molecular complexity index is 778. The number of fused-ring (bicyclic) bond motifs is 1. The van der Waals surface area contributed by atoms with Gasteiger partial charge in [0.2, 0.25) is 0 Å². The van der Waals surface area contributed by atoms with Crippen molar-refractivity contribution in [3.63, 3.8) is 0 Å². The van der Waals surface area contributed by atoms with Crippen LogP contribution in [-0.4, -0.2) is 58.1 Å². The molecule has 2 unspecified atom stereocenters. The molecule has 150 valence electrons. The molecule has 2 saturated heterocycles. The number of hydrogen-bond donors (Lipinski definition) is 4. The number of ether oxygens (including phenoxy) is 4. The van der Waals surface area contributed by atoms with E-state index in [2.05, 4.69) is 0 Å². The second kappa shape index (κ2) is 8.04. The van der Waals surface area contributed by atoms with Crippen LogP contribution < -0.4 is 0 Å². The van der Waals surface area contributed by atoms with Crippen LogP contribution in [0.4, 0.5) is 0 Å². The first-order chi connectivity index (χ1) is 13.5. The number of aromatic hydroxyl groups is 2. The Balaban J connectivity index is 1.54. The van der Waals surface area contributed by atoms with Crippen LogP contribution in [0.2, 0.25) is 0 Å². The molecule has 0 aliphatic carbocycles. The molecule has 28 heavy (non-hydrogen) atoms. The van der Waals surface area contributed by atoms with Gasteiger partial charge in [0.05, 0.1) is 13.2 Å². The molecule has 0 bridgehead atoms. The van der Waals surface area contributed by atoms with Gasteiger partial charge in [-0.1, -0.05) is 24.3 Å². The Labute approximate surface area is 161 Å². The molecule has 2 aliphatic heterocycles. The van der Waals surface area contributed by atoms with Gasteiger partial charge in [-0.25, -0.2) is 0 Å². The Morgan fingerprint density at radius 2 is 1.18 bits per heavy atom. The second-order valence-corrected chi connectivity index (χ2v) is 6.85. The maximum Gasteiger partial charge on any atom is 0.184 e. The minimum Gasteiger partial charge on any atom is -0.508 e. The summed E-state index contributed by atoms with van der Waals surface area (Å²) in [4.78, 5) is 0. The van der Waals surface area contributed by atoms with Gasteiger partial charge in [0.1, 0.15) is 35.9 Å². The summed E-state index contributed by atoms with van der Waals surface area (Å²) in [7, 11) is 0. The largest absolute Gasteiger partial charge is 0.508 e. The highest BCUT2D eigenvalue weighted by atomic mass is 16.7. The number of phenols is 2. The van der Waals surface area contributed by atoms with Crippen LogP contribution in [-0.2, 0) is 18.9 Å². The number of rotatable bonds is 2. The predicted molar refractivity (Wildman–Crippen MR) is 95.4 cm³/mol. The van der Waals surface area contributed by atoms with Crippen molar-refractivity contribution in [2.75, 3.05) is 13.2 Å². The highest BCUT2D eigenvalue weighted by Crippen LogP contribution is 2.35. The molecular weight excluding hydrogens is 368 g/mol. The van der Waals surface area contributed by atoms with Gasteiger partial charge in [-0.15, -0.1) is 0 Å². The van der Waals surface area contributed by atoms with Crippen molar-refractivity contribution in [2.24, 2.45) is 0 Å². The monoisotopic (exact) mass is 390 g/mol. The third kappa shape index (κ3) is 3.97. The highest BCUT2D eigenvalue weighted by Gasteiger charge is 2.44. The fourth-order valence-corrected chi connectivity index (χ4v) is 3.28. The van der Waals surface area contributed by atoms with Crippen molar-refractivity contribution in [2.45, 2.75) is 37.0 Å². The molecule has 0 amide bonds. The quantitative estimate of drug-likeness (QED) is 0.607. The first-order valence-corrected chi connectivity index (χ1v) is 8.99. The number of benzene rings is 2. The van der Waals surface area contributed by atoms with Crippen LogP contribution >= 0.6 is 0 Å². The van der Waals surface area contributed by atoms with Gasteiger partial charge in [0.25, 0.3) is 0 Å². The van der Waals surface area contributed by atoms with E-state index in [1.165, 1.54) is 24.3 Å². The van der Waals surface area contributed by atoms with Crippen molar-refractivity contribution in [1.82, 2.24) is 0 Å². The highest BCUT2D eigenvalue weighted by molar-refractivity contribution is 5.27. The molecule has 2 aliphatic rings. The van der Waals surface area contributed by atoms with Crippen LogP contribution in [0, 0.1) is 0 Å². The molecule has 2 aromatic carbocycles. The summed E-state index contributed by atoms with van der Waals surface area (Å²) >= 11 is 0. The topological polar surface area (TPSA) is 118 Å². The lowest BCUT2D eigenvalue weighted by molar-refractivity contribution is -0.332. The lowest BCUT2D eigenvalue weighted by atomic mass is 10.0. The zero-order valence-electron chi connectivity index (χ0n) is 14.9. The van der Waals surface area contributed by atoms with E-state index in [0.29, 0.717) is 11.1 Å². The van der Waals surface area contributed by atoms with Crippen LogP contribution in [0.3, 0.4) is 0 Å². The Hall–Kier alpha value is -2.20. The van der Waals surface area contributed by atoms with E-state index >= 15 is 0 Å². The van der Waals surface area contributed by atoms with Gasteiger partial charge in [-0.3, -0.25) is 0 Å². The first-order valence-electron chi connectivity index (χ1n) is 8.99. The lowest BCUT2D eigenvalue weighted by Gasteiger charge is -2.42. The van der Waals surface area contributed by atoms with Gasteiger partial charge < -0.3 is 39.4 Å². The summed E-state index contributed by atoms with van der Waals surface area (Å²) in [5.41, 5.74) is 1.33. The molecule has 0 aromatic heterocycles. The van der Waals surface area contributed by atoms with Crippen molar-refractivity contribution < 1.29 is 39.4 Å². The summed E-state index contributed by atoms with van der Waals surface area (Å²) in [5, 5.41) is 39.7. The van der Waals surface area contributed by atoms with Crippen molar-refractivity contribution in [3.05, 3.63) is 59.7 Å². The van der Waals surface area contributed by atoms with Crippen molar-refractivity contribution >= 4 is 0 Å². The van der Waals surface area contributed by atoms with E-state index in [-0.39, 0.29) is 24.7 Å². The maximum absolute atomic E-state index is 10.5. The number of aliphatic hydroxyl groups excluding tert-OH is 2. The number of phenolic OH excluding ortho intramolecular Hbond substituents is 2. The van der Waals surface area contributed by atoms with E-state index in [9.17, 15) is 20.4 Å². The minimum absolute atomic E-state index is 0.109. The molecule has 2 aromatic rings. The molecular formula is C20H22O8. The maximum atomic E-state index is 10.5. The average Bonchev–Trinajstić information content (AvgIpc) is 2.71. The van der Waals surface area contributed by atoms with E-state index in [4.69, 9.17) is 18.9 Å². The molecule has 2 fully saturated rings. The summed E-state index contributed by atoms with van der Waals surface area (Å²) in [6, 6.07) is 12.7. The molecule has 4 N–H and O–H groups in total. The fourth-order valence-electron chi connectivity index (χ4n) is 3.28. The first kappa shape index (κ1) is 19.1. The van der Waals surface area contributed by atoms with Crippen LogP contribution in [0.25, 0.3) is 0 Å².